The molecule has 0 unspecified atom stereocenters. The van der Waals surface area contributed by atoms with Crippen LogP contribution in [0.25, 0.3) is 6.08 Å². The van der Waals surface area contributed by atoms with Crippen LogP contribution >= 0.6 is 0 Å². The summed E-state index contributed by atoms with van der Waals surface area (Å²) in [7, 11) is 0. The maximum atomic E-state index is 12.3. The van der Waals surface area contributed by atoms with Crippen LogP contribution in [0.2, 0.25) is 0 Å². The van der Waals surface area contributed by atoms with E-state index in [2.05, 4.69) is 40.9 Å². The van der Waals surface area contributed by atoms with Crippen LogP contribution in [0.5, 0.6) is 0 Å². The van der Waals surface area contributed by atoms with Crippen molar-refractivity contribution in [2.24, 2.45) is 0 Å². The Morgan fingerprint density at radius 2 is 2.21 bits per heavy atom. The van der Waals surface area contributed by atoms with Crippen molar-refractivity contribution in [3.8, 4) is 0 Å². The van der Waals surface area contributed by atoms with Gasteiger partial charge in [0.15, 0.2) is 0 Å². The number of rotatable bonds is 3. The van der Waals surface area contributed by atoms with Gasteiger partial charge in [-0.15, -0.1) is 0 Å². The molecule has 0 spiro atoms. The van der Waals surface area contributed by atoms with Crippen molar-refractivity contribution in [2.75, 3.05) is 0 Å². The molecule has 24 heavy (non-hydrogen) atoms. The lowest BCUT2D eigenvalue weighted by Crippen LogP contribution is -2.31. The Hall–Kier alpha value is -2.43. The first kappa shape index (κ1) is 16.4. The van der Waals surface area contributed by atoms with Crippen LogP contribution in [-0.4, -0.2) is 20.7 Å². The third-order valence-electron chi connectivity index (χ3n) is 4.25. The second kappa shape index (κ2) is 6.59. The molecule has 1 aliphatic carbocycles. The number of carbonyl (C=O) groups is 1. The number of pyridine rings is 1. The number of amides is 1. The summed E-state index contributed by atoms with van der Waals surface area (Å²) >= 11 is 0. The number of fused-ring (bicyclic) bond motifs is 1. The Kier molecular flexibility index (Phi) is 4.51. The van der Waals surface area contributed by atoms with Crippen LogP contribution in [0.3, 0.4) is 0 Å². The third-order valence-corrected chi connectivity index (χ3v) is 4.25. The molecule has 5 nitrogen and oxygen atoms in total. The van der Waals surface area contributed by atoms with Gasteiger partial charge in [0.2, 0.25) is 5.91 Å². The molecule has 0 aromatic carbocycles. The summed E-state index contributed by atoms with van der Waals surface area (Å²) in [5, 5.41) is 7.67. The molecule has 126 valence electrons. The molecule has 1 aliphatic rings. The molecule has 3 rings (SSSR count). The van der Waals surface area contributed by atoms with Gasteiger partial charge in [0.05, 0.1) is 17.8 Å². The first-order chi connectivity index (χ1) is 11.4. The summed E-state index contributed by atoms with van der Waals surface area (Å²) in [6, 6.07) is 3.81. The summed E-state index contributed by atoms with van der Waals surface area (Å²) in [5.74, 6) is -0.0831. The fourth-order valence-corrected chi connectivity index (χ4v) is 3.15. The molecule has 0 aliphatic heterocycles. The highest BCUT2D eigenvalue weighted by Gasteiger charge is 2.28. The SMILES string of the molecule is CC(C)(C)n1ncc2c1CCC[C@H]2NC(=O)/C=C/c1cccnc1. The minimum absolute atomic E-state index is 0.0379. The molecule has 2 heterocycles. The van der Waals surface area contributed by atoms with Gasteiger partial charge in [-0.05, 0) is 57.7 Å². The maximum absolute atomic E-state index is 12.3. The highest BCUT2D eigenvalue weighted by Crippen LogP contribution is 2.32. The standard InChI is InChI=1S/C19H24N4O/c1-19(2,3)23-17-8-4-7-16(15(17)13-21-23)22-18(24)10-9-14-6-5-11-20-12-14/h5-6,9-13,16H,4,7-8H2,1-3H3,(H,22,24)/b10-9+/t16-/m1/s1. The summed E-state index contributed by atoms with van der Waals surface area (Å²) in [5.41, 5.74) is 3.27. The minimum Gasteiger partial charge on any atom is -0.346 e. The van der Waals surface area contributed by atoms with Crippen molar-refractivity contribution >= 4 is 12.0 Å². The maximum Gasteiger partial charge on any atom is 0.244 e. The number of carbonyl (C=O) groups excluding carboxylic acids is 1. The number of nitrogens with zero attached hydrogens (tertiary/aromatic N) is 3. The summed E-state index contributed by atoms with van der Waals surface area (Å²) in [6.45, 7) is 6.46. The van der Waals surface area contributed by atoms with E-state index in [0.29, 0.717) is 0 Å². The van der Waals surface area contributed by atoms with Gasteiger partial charge in [-0.2, -0.15) is 5.10 Å². The van der Waals surface area contributed by atoms with E-state index in [1.807, 2.05) is 18.3 Å². The lowest BCUT2D eigenvalue weighted by Gasteiger charge is -2.28. The predicted molar refractivity (Wildman–Crippen MR) is 94.3 cm³/mol. The van der Waals surface area contributed by atoms with E-state index in [9.17, 15) is 4.79 Å². The largest absolute Gasteiger partial charge is 0.346 e. The zero-order chi connectivity index (χ0) is 17.2. The van der Waals surface area contributed by atoms with E-state index in [1.54, 1.807) is 24.5 Å². The Balaban J connectivity index is 1.72. The van der Waals surface area contributed by atoms with Gasteiger partial charge in [-0.3, -0.25) is 14.5 Å². The smallest absolute Gasteiger partial charge is 0.244 e. The van der Waals surface area contributed by atoms with Crippen molar-refractivity contribution in [1.82, 2.24) is 20.1 Å². The van der Waals surface area contributed by atoms with Crippen molar-refractivity contribution in [3.05, 3.63) is 53.6 Å². The van der Waals surface area contributed by atoms with E-state index in [-0.39, 0.29) is 17.5 Å². The number of hydrogen-bond acceptors (Lipinski definition) is 3. The van der Waals surface area contributed by atoms with Crippen molar-refractivity contribution < 1.29 is 4.79 Å². The third kappa shape index (κ3) is 3.55. The number of hydrogen-bond donors (Lipinski definition) is 1. The quantitative estimate of drug-likeness (QED) is 0.882. The van der Waals surface area contributed by atoms with Crippen molar-refractivity contribution in [2.45, 2.75) is 51.6 Å². The van der Waals surface area contributed by atoms with E-state index in [1.165, 1.54) is 5.69 Å². The predicted octanol–water partition coefficient (Wildman–Crippen LogP) is 3.24. The van der Waals surface area contributed by atoms with Gasteiger partial charge in [0.1, 0.15) is 0 Å². The molecular weight excluding hydrogens is 300 g/mol. The molecule has 0 radical (unpaired) electrons. The number of nitrogens with one attached hydrogen (secondary N) is 1. The topological polar surface area (TPSA) is 59.8 Å². The van der Waals surface area contributed by atoms with Gasteiger partial charge in [-0.25, -0.2) is 0 Å². The zero-order valence-corrected chi connectivity index (χ0v) is 14.5. The van der Waals surface area contributed by atoms with E-state index in [4.69, 9.17) is 0 Å². The average Bonchev–Trinajstić information content (AvgIpc) is 2.99. The Morgan fingerprint density at radius 3 is 2.92 bits per heavy atom. The molecule has 1 amide bonds. The highest BCUT2D eigenvalue weighted by molar-refractivity contribution is 5.91. The second-order valence-electron chi connectivity index (χ2n) is 7.20. The molecule has 2 aromatic heterocycles. The fraction of sp³-hybridized carbons (Fsp3) is 0.421. The van der Waals surface area contributed by atoms with Crippen LogP contribution in [0.15, 0.2) is 36.8 Å². The minimum atomic E-state index is -0.0831. The van der Waals surface area contributed by atoms with Crippen LogP contribution < -0.4 is 5.32 Å². The highest BCUT2D eigenvalue weighted by atomic mass is 16.1. The molecular formula is C19H24N4O. The molecule has 0 saturated heterocycles. The Morgan fingerprint density at radius 1 is 1.38 bits per heavy atom. The summed E-state index contributed by atoms with van der Waals surface area (Å²) in [6.07, 6.45) is 11.7. The van der Waals surface area contributed by atoms with Gasteiger partial charge >= 0.3 is 0 Å². The molecule has 1 N–H and O–H groups in total. The normalized spacial score (nSPS) is 17.7. The van der Waals surface area contributed by atoms with E-state index in [0.717, 1.165) is 30.4 Å². The van der Waals surface area contributed by atoms with Gasteiger partial charge in [-0.1, -0.05) is 6.07 Å². The van der Waals surface area contributed by atoms with Gasteiger partial charge in [0, 0.05) is 29.7 Å². The summed E-state index contributed by atoms with van der Waals surface area (Å²) in [4.78, 5) is 16.3. The fourth-order valence-electron chi connectivity index (χ4n) is 3.15. The molecule has 0 fully saturated rings. The monoisotopic (exact) mass is 324 g/mol. The molecule has 0 saturated carbocycles. The molecule has 2 aromatic rings. The van der Waals surface area contributed by atoms with Crippen LogP contribution in [0.1, 0.15) is 56.5 Å². The first-order valence-corrected chi connectivity index (χ1v) is 8.41. The van der Waals surface area contributed by atoms with E-state index < -0.39 is 0 Å². The van der Waals surface area contributed by atoms with Crippen molar-refractivity contribution in [1.29, 1.82) is 0 Å². The first-order valence-electron chi connectivity index (χ1n) is 8.41. The van der Waals surface area contributed by atoms with Crippen LogP contribution in [0, 0.1) is 0 Å². The Labute approximate surface area is 142 Å². The molecule has 5 heteroatoms. The molecule has 1 atom stereocenters. The van der Waals surface area contributed by atoms with Gasteiger partial charge in [0.25, 0.3) is 0 Å². The van der Waals surface area contributed by atoms with Crippen LogP contribution in [-0.2, 0) is 16.8 Å². The molecule has 0 bridgehead atoms. The summed E-state index contributed by atoms with van der Waals surface area (Å²) < 4.78 is 2.09. The Bertz CT molecular complexity index is 740. The van der Waals surface area contributed by atoms with Crippen LogP contribution in [0.4, 0.5) is 0 Å². The van der Waals surface area contributed by atoms with E-state index >= 15 is 0 Å². The second-order valence-corrected chi connectivity index (χ2v) is 7.20. The average molecular weight is 324 g/mol. The number of aromatic nitrogens is 3. The van der Waals surface area contributed by atoms with Gasteiger partial charge < -0.3 is 5.32 Å². The zero-order valence-electron chi connectivity index (χ0n) is 14.5. The lowest BCUT2D eigenvalue weighted by atomic mass is 9.92. The lowest BCUT2D eigenvalue weighted by molar-refractivity contribution is -0.117. The van der Waals surface area contributed by atoms with Crippen molar-refractivity contribution in [3.63, 3.8) is 0 Å².